The molecule has 41 heavy (non-hydrogen) atoms. The molecule has 0 saturated heterocycles. The van der Waals surface area contributed by atoms with Crippen molar-refractivity contribution in [1.29, 1.82) is 0 Å². The summed E-state index contributed by atoms with van der Waals surface area (Å²) in [7, 11) is 7.40. The molecular formula is C31H44N4O6. The number of aliphatic hydroxyl groups excluding tert-OH is 2. The number of amides is 1. The van der Waals surface area contributed by atoms with Crippen LogP contribution in [0.2, 0.25) is 0 Å². The van der Waals surface area contributed by atoms with Crippen LogP contribution >= 0.6 is 0 Å². The van der Waals surface area contributed by atoms with Crippen LogP contribution in [0.15, 0.2) is 28.7 Å². The number of carbonyl (C=O) groups is 3. The zero-order valence-electron chi connectivity index (χ0n) is 25.4. The number of rotatable bonds is 8. The number of primary amides is 1. The van der Waals surface area contributed by atoms with Crippen LogP contribution in [-0.2, 0) is 22.6 Å². The van der Waals surface area contributed by atoms with Crippen LogP contribution in [0.4, 0.5) is 5.69 Å². The highest BCUT2D eigenvalue weighted by Gasteiger charge is 2.63. The molecule has 0 heterocycles. The maximum absolute atomic E-state index is 14.4. The largest absolute Gasteiger partial charge is 0.511 e. The number of aromatic hydroxyl groups is 1. The van der Waals surface area contributed by atoms with Gasteiger partial charge in [-0.1, -0.05) is 20.8 Å². The molecule has 3 aliphatic rings. The van der Waals surface area contributed by atoms with E-state index in [1.807, 2.05) is 51.0 Å². The van der Waals surface area contributed by atoms with Crippen LogP contribution in [0.25, 0.3) is 0 Å². The second kappa shape index (κ2) is 10.5. The number of nitrogens with two attached hydrogens (primary N) is 1. The Morgan fingerprint density at radius 1 is 1.15 bits per heavy atom. The first kappa shape index (κ1) is 30.6. The minimum atomic E-state index is -1.66. The van der Waals surface area contributed by atoms with Crippen molar-refractivity contribution in [2.75, 3.05) is 46.2 Å². The summed E-state index contributed by atoms with van der Waals surface area (Å²) in [6.07, 6.45) is 0.622. The fraction of sp³-hybridized carbons (Fsp3) is 0.581. The van der Waals surface area contributed by atoms with Crippen molar-refractivity contribution < 1.29 is 29.7 Å². The number of aliphatic hydroxyl groups is 2. The van der Waals surface area contributed by atoms with Crippen molar-refractivity contribution in [3.8, 4) is 5.75 Å². The van der Waals surface area contributed by atoms with Gasteiger partial charge in [-0.05, 0) is 63.9 Å². The van der Waals surface area contributed by atoms with Gasteiger partial charge in [-0.3, -0.25) is 14.4 Å². The lowest BCUT2D eigenvalue weighted by molar-refractivity contribution is -0.134. The molecule has 0 fully saturated rings. The fourth-order valence-electron chi connectivity index (χ4n) is 7.19. The Kier molecular flexibility index (Phi) is 7.81. The number of carbonyl (C=O) groups excluding carboxylic acids is 3. The Morgan fingerprint density at radius 2 is 1.78 bits per heavy atom. The predicted molar refractivity (Wildman–Crippen MR) is 157 cm³/mol. The van der Waals surface area contributed by atoms with Crippen molar-refractivity contribution >= 4 is 23.2 Å². The summed E-state index contributed by atoms with van der Waals surface area (Å²) in [5.41, 5.74) is 4.69. The second-order valence-corrected chi connectivity index (χ2v) is 13.3. The predicted octanol–water partition coefficient (Wildman–Crippen LogP) is 2.85. The first-order valence-electron chi connectivity index (χ1n) is 14.1. The number of phenolic OH excluding ortho intramolecular Hbond substituents is 1. The molecule has 1 aromatic carbocycles. The topological polar surface area (TPSA) is 156 Å². The summed E-state index contributed by atoms with van der Waals surface area (Å²) in [5, 5.41) is 37.8. The summed E-state index contributed by atoms with van der Waals surface area (Å²) in [5.74, 6) is -4.22. The Hall–Kier alpha value is -3.37. The van der Waals surface area contributed by atoms with Crippen LogP contribution in [0.3, 0.4) is 0 Å². The van der Waals surface area contributed by atoms with Crippen LogP contribution in [0.1, 0.15) is 55.6 Å². The number of anilines is 1. The van der Waals surface area contributed by atoms with E-state index in [0.717, 1.165) is 12.2 Å². The summed E-state index contributed by atoms with van der Waals surface area (Å²) >= 11 is 0. The molecule has 4 rings (SSSR count). The molecule has 0 aliphatic heterocycles. The van der Waals surface area contributed by atoms with E-state index in [-0.39, 0.29) is 22.6 Å². The van der Waals surface area contributed by atoms with E-state index in [0.29, 0.717) is 43.0 Å². The van der Waals surface area contributed by atoms with Gasteiger partial charge in [0.05, 0.1) is 11.0 Å². The third-order valence-electron chi connectivity index (χ3n) is 9.18. The molecule has 224 valence electrons. The lowest BCUT2D eigenvalue weighted by atomic mass is 9.48. The molecule has 3 aliphatic carbocycles. The normalized spacial score (nSPS) is 27.8. The number of ketones is 2. The minimum absolute atomic E-state index is 0.0678. The Bertz CT molecular complexity index is 1380. The molecule has 0 saturated carbocycles. The number of nitrogens with one attached hydrogen (secondary N) is 1. The van der Waals surface area contributed by atoms with E-state index in [9.17, 15) is 29.7 Å². The summed E-state index contributed by atoms with van der Waals surface area (Å²) in [6.45, 7) is 8.95. The van der Waals surface area contributed by atoms with Gasteiger partial charge in [0.2, 0.25) is 0 Å². The highest BCUT2D eigenvalue weighted by Crippen LogP contribution is 2.62. The van der Waals surface area contributed by atoms with Gasteiger partial charge in [0.1, 0.15) is 22.8 Å². The van der Waals surface area contributed by atoms with E-state index < -0.39 is 51.5 Å². The van der Waals surface area contributed by atoms with Crippen molar-refractivity contribution in [2.24, 2.45) is 34.3 Å². The van der Waals surface area contributed by atoms with E-state index >= 15 is 0 Å². The molecule has 0 bridgehead atoms. The maximum Gasteiger partial charge on any atom is 0.255 e. The standard InChI is InChI=1S/C31H44N4O6/c1-15(2)12-33-13-16-9-20(35(7)8)17-10-30(3)11-19-18(14-34(5)6)25(37)22(29(32)41)27(39)31(19,4)28(40)23(30)26(38)21(17)24(16)36/h9,15,18-19,33,36-37,40H,10-14H2,1-8H3,(H2,32,41)/t18-,19?,30-,31-/m0/s1. The van der Waals surface area contributed by atoms with Crippen LogP contribution in [-0.4, -0.2) is 79.0 Å². The molecule has 10 heteroatoms. The molecule has 4 atom stereocenters. The SMILES string of the molecule is CC(C)CNCc1cc(N(C)C)c2c(c1O)C(=O)C1=C(O)[C@]3(C)C(=O)C(C(N)=O)=C(O)[C@@H](CN(C)C)C3C[C@]1(C)C2. The van der Waals surface area contributed by atoms with Crippen molar-refractivity contribution in [3.05, 3.63) is 45.4 Å². The van der Waals surface area contributed by atoms with Gasteiger partial charge in [0.15, 0.2) is 11.6 Å². The molecule has 1 aromatic rings. The number of Topliss-reactive ketones (excluding diaryl/α,β-unsaturated/α-hetero) is 2. The van der Waals surface area contributed by atoms with Crippen LogP contribution in [0, 0.1) is 28.6 Å². The number of benzene rings is 1. The van der Waals surface area contributed by atoms with Crippen LogP contribution in [0.5, 0.6) is 5.75 Å². The van der Waals surface area contributed by atoms with Gasteiger partial charge in [0, 0.05) is 55.3 Å². The minimum Gasteiger partial charge on any atom is -0.511 e. The number of fused-ring (bicyclic) bond motifs is 3. The fourth-order valence-corrected chi connectivity index (χ4v) is 7.19. The first-order valence-corrected chi connectivity index (χ1v) is 14.1. The third-order valence-corrected chi connectivity index (χ3v) is 9.18. The Morgan fingerprint density at radius 3 is 2.32 bits per heavy atom. The van der Waals surface area contributed by atoms with E-state index in [1.165, 1.54) is 6.92 Å². The number of nitrogens with zero attached hydrogens (tertiary/aromatic N) is 2. The van der Waals surface area contributed by atoms with Gasteiger partial charge in [-0.2, -0.15) is 0 Å². The Labute approximate surface area is 241 Å². The highest BCUT2D eigenvalue weighted by molar-refractivity contribution is 6.23. The molecule has 6 N–H and O–H groups in total. The second-order valence-electron chi connectivity index (χ2n) is 13.3. The zero-order chi connectivity index (χ0) is 30.8. The average Bonchev–Trinajstić information content (AvgIpc) is 2.84. The molecule has 1 unspecified atom stereocenters. The summed E-state index contributed by atoms with van der Waals surface area (Å²) in [6, 6.07) is 1.90. The number of phenols is 1. The summed E-state index contributed by atoms with van der Waals surface area (Å²) < 4.78 is 0. The quantitative estimate of drug-likeness (QED) is 0.298. The molecule has 1 amide bonds. The monoisotopic (exact) mass is 568 g/mol. The molecule has 10 nitrogen and oxygen atoms in total. The van der Waals surface area contributed by atoms with Crippen molar-refractivity contribution in [3.63, 3.8) is 0 Å². The van der Waals surface area contributed by atoms with E-state index in [2.05, 4.69) is 19.2 Å². The third kappa shape index (κ3) is 4.70. The first-order chi connectivity index (χ1) is 19.0. The van der Waals surface area contributed by atoms with E-state index in [1.54, 1.807) is 0 Å². The number of allylic oxidation sites excluding steroid dienone is 2. The number of hydrogen-bond acceptors (Lipinski definition) is 9. The lowest BCUT2D eigenvalue weighted by Gasteiger charge is -2.54. The van der Waals surface area contributed by atoms with Gasteiger partial charge in [0.25, 0.3) is 5.91 Å². The molecule has 0 spiro atoms. The van der Waals surface area contributed by atoms with Gasteiger partial charge < -0.3 is 36.2 Å². The lowest BCUT2D eigenvalue weighted by Crippen LogP contribution is -2.57. The molecule has 0 aromatic heterocycles. The van der Waals surface area contributed by atoms with Gasteiger partial charge in [-0.15, -0.1) is 0 Å². The van der Waals surface area contributed by atoms with Gasteiger partial charge >= 0.3 is 0 Å². The Balaban J connectivity index is 1.95. The van der Waals surface area contributed by atoms with Gasteiger partial charge in [-0.25, -0.2) is 0 Å². The number of hydrogen-bond donors (Lipinski definition) is 5. The maximum atomic E-state index is 14.4. The highest BCUT2D eigenvalue weighted by atomic mass is 16.3. The summed E-state index contributed by atoms with van der Waals surface area (Å²) in [4.78, 5) is 44.3. The zero-order valence-corrected chi connectivity index (χ0v) is 25.4. The smallest absolute Gasteiger partial charge is 0.255 e. The average molecular weight is 569 g/mol. The molecule has 0 radical (unpaired) electrons. The van der Waals surface area contributed by atoms with E-state index in [4.69, 9.17) is 5.73 Å². The van der Waals surface area contributed by atoms with Crippen LogP contribution < -0.4 is 16.0 Å². The van der Waals surface area contributed by atoms with Crippen molar-refractivity contribution in [1.82, 2.24) is 10.2 Å². The molecular weight excluding hydrogens is 524 g/mol. The van der Waals surface area contributed by atoms with Crippen molar-refractivity contribution in [2.45, 2.75) is 47.1 Å².